The monoisotopic (exact) mass is 285 g/mol. The van der Waals surface area contributed by atoms with E-state index in [-0.39, 0.29) is 17.8 Å². The van der Waals surface area contributed by atoms with Crippen LogP contribution in [-0.2, 0) is 6.18 Å². The molecule has 2 N–H and O–H groups in total. The van der Waals surface area contributed by atoms with Crippen LogP contribution in [-0.4, -0.2) is 31.2 Å². The van der Waals surface area contributed by atoms with Crippen molar-refractivity contribution >= 4 is 11.6 Å². The lowest BCUT2D eigenvalue weighted by molar-refractivity contribution is -0.138. The van der Waals surface area contributed by atoms with E-state index in [9.17, 15) is 18.0 Å². The fourth-order valence-electron chi connectivity index (χ4n) is 2.87. The Bertz CT molecular complexity index is 558. The maximum atomic E-state index is 13.0. The number of rotatable bonds is 0. The largest absolute Gasteiger partial charge is 0.417 e. The zero-order valence-corrected chi connectivity index (χ0v) is 10.8. The van der Waals surface area contributed by atoms with E-state index in [1.165, 1.54) is 6.07 Å². The minimum atomic E-state index is -4.53. The lowest BCUT2D eigenvalue weighted by atomic mass is 9.97. The van der Waals surface area contributed by atoms with Crippen LogP contribution in [0.4, 0.5) is 18.9 Å². The van der Waals surface area contributed by atoms with Gasteiger partial charge in [0.25, 0.3) is 5.91 Å². The highest BCUT2D eigenvalue weighted by Crippen LogP contribution is 2.38. The first-order chi connectivity index (χ1) is 9.39. The molecular formula is C13H14F3N3O. The lowest BCUT2D eigenvalue weighted by Gasteiger charge is -2.46. The van der Waals surface area contributed by atoms with Crippen molar-refractivity contribution in [2.24, 2.45) is 0 Å². The molecule has 4 nitrogen and oxygen atoms in total. The zero-order chi connectivity index (χ0) is 14.5. The molecule has 2 aliphatic heterocycles. The maximum Gasteiger partial charge on any atom is 0.417 e. The van der Waals surface area contributed by atoms with Gasteiger partial charge in [-0.3, -0.25) is 4.79 Å². The van der Waals surface area contributed by atoms with Crippen molar-refractivity contribution in [2.75, 3.05) is 18.0 Å². The van der Waals surface area contributed by atoms with Crippen LogP contribution >= 0.6 is 0 Å². The van der Waals surface area contributed by atoms with Crippen LogP contribution in [0.15, 0.2) is 18.2 Å². The van der Waals surface area contributed by atoms with Crippen LogP contribution < -0.4 is 15.5 Å². The highest BCUT2D eigenvalue weighted by molar-refractivity contribution is 6.03. The van der Waals surface area contributed by atoms with Gasteiger partial charge in [0.2, 0.25) is 0 Å². The molecule has 2 aliphatic rings. The van der Waals surface area contributed by atoms with Crippen LogP contribution in [0.5, 0.6) is 0 Å². The van der Waals surface area contributed by atoms with Crippen LogP contribution in [0.2, 0.25) is 0 Å². The van der Waals surface area contributed by atoms with Gasteiger partial charge in [-0.05, 0) is 19.1 Å². The number of halogens is 3. The van der Waals surface area contributed by atoms with Crippen LogP contribution in [0.1, 0.15) is 22.8 Å². The SMILES string of the molecule is C[C@H]1NCCN2c3cccc(C(F)(F)F)c3C(=O)NC12. The quantitative estimate of drug-likeness (QED) is 0.760. The van der Waals surface area contributed by atoms with Gasteiger partial charge in [0.1, 0.15) is 6.17 Å². The van der Waals surface area contributed by atoms with Crippen molar-refractivity contribution in [1.29, 1.82) is 0 Å². The van der Waals surface area contributed by atoms with Gasteiger partial charge in [-0.15, -0.1) is 0 Å². The highest BCUT2D eigenvalue weighted by Gasteiger charge is 2.42. The molecule has 0 radical (unpaired) electrons. The summed E-state index contributed by atoms with van der Waals surface area (Å²) in [6.07, 6.45) is -4.85. The van der Waals surface area contributed by atoms with Gasteiger partial charge in [-0.1, -0.05) is 6.07 Å². The summed E-state index contributed by atoms with van der Waals surface area (Å²) >= 11 is 0. The predicted octanol–water partition coefficient (Wildman–Crippen LogP) is 1.57. The number of alkyl halides is 3. The number of amides is 1. The Morgan fingerprint density at radius 3 is 2.80 bits per heavy atom. The van der Waals surface area contributed by atoms with Crippen molar-refractivity contribution in [1.82, 2.24) is 10.6 Å². The van der Waals surface area contributed by atoms with E-state index in [0.717, 1.165) is 6.07 Å². The normalized spacial score (nSPS) is 25.8. The molecule has 2 heterocycles. The van der Waals surface area contributed by atoms with E-state index >= 15 is 0 Å². The molecule has 1 unspecified atom stereocenters. The van der Waals surface area contributed by atoms with Crippen LogP contribution in [0.25, 0.3) is 0 Å². The number of nitrogens with one attached hydrogen (secondary N) is 2. The number of benzene rings is 1. The molecule has 0 bridgehead atoms. The first-order valence-electron chi connectivity index (χ1n) is 6.40. The molecule has 1 aromatic rings. The molecule has 1 fully saturated rings. The minimum absolute atomic E-state index is 0.0182. The van der Waals surface area contributed by atoms with Gasteiger partial charge in [0.05, 0.1) is 16.8 Å². The van der Waals surface area contributed by atoms with Gasteiger partial charge < -0.3 is 15.5 Å². The Morgan fingerprint density at radius 1 is 1.35 bits per heavy atom. The summed E-state index contributed by atoms with van der Waals surface area (Å²) in [6, 6.07) is 3.86. The molecule has 1 aromatic carbocycles. The number of hydrogen-bond acceptors (Lipinski definition) is 3. The van der Waals surface area contributed by atoms with Crippen molar-refractivity contribution in [3.63, 3.8) is 0 Å². The Morgan fingerprint density at radius 2 is 2.10 bits per heavy atom. The van der Waals surface area contributed by atoms with Crippen molar-refractivity contribution in [3.05, 3.63) is 29.3 Å². The second kappa shape index (κ2) is 4.37. The molecule has 0 aromatic heterocycles. The fraction of sp³-hybridized carbons (Fsp3) is 0.462. The Kier molecular flexibility index (Phi) is 2.89. The van der Waals surface area contributed by atoms with E-state index in [1.54, 1.807) is 6.07 Å². The summed E-state index contributed by atoms with van der Waals surface area (Å²) in [4.78, 5) is 13.9. The third-order valence-electron chi connectivity index (χ3n) is 3.79. The Hall–Kier alpha value is -1.76. The summed E-state index contributed by atoms with van der Waals surface area (Å²) in [5.41, 5.74) is -0.788. The van der Waals surface area contributed by atoms with Crippen molar-refractivity contribution < 1.29 is 18.0 Å². The number of carbonyl (C=O) groups is 1. The zero-order valence-electron chi connectivity index (χ0n) is 10.8. The minimum Gasteiger partial charge on any atom is -0.348 e. The summed E-state index contributed by atoms with van der Waals surface area (Å²) in [6.45, 7) is 3.13. The van der Waals surface area contributed by atoms with Crippen molar-refractivity contribution in [3.8, 4) is 0 Å². The van der Waals surface area contributed by atoms with Gasteiger partial charge >= 0.3 is 6.18 Å². The fourth-order valence-corrected chi connectivity index (χ4v) is 2.87. The molecule has 20 heavy (non-hydrogen) atoms. The Labute approximate surface area is 113 Å². The first-order valence-corrected chi connectivity index (χ1v) is 6.40. The number of hydrogen-bond donors (Lipinski definition) is 2. The Balaban J connectivity index is 2.14. The molecule has 0 aliphatic carbocycles. The highest BCUT2D eigenvalue weighted by atomic mass is 19.4. The third kappa shape index (κ3) is 1.93. The summed E-state index contributed by atoms with van der Waals surface area (Å²) in [7, 11) is 0. The topological polar surface area (TPSA) is 44.4 Å². The summed E-state index contributed by atoms with van der Waals surface area (Å²) in [5.74, 6) is -0.662. The number of nitrogens with zero attached hydrogens (tertiary/aromatic N) is 1. The summed E-state index contributed by atoms with van der Waals surface area (Å²) < 4.78 is 39.1. The second-order valence-electron chi connectivity index (χ2n) is 5.05. The average Bonchev–Trinajstić information content (AvgIpc) is 2.39. The molecule has 2 atom stereocenters. The maximum absolute atomic E-state index is 13.0. The van der Waals surface area contributed by atoms with Crippen LogP contribution in [0, 0.1) is 0 Å². The molecule has 3 rings (SSSR count). The molecule has 7 heteroatoms. The standard InChI is InChI=1S/C13H14F3N3O/c1-7-11-18-12(20)10-8(13(14,15)16)3-2-4-9(10)19(11)6-5-17-7/h2-4,7,11,17H,5-6H2,1H3,(H,18,20)/t7-,11?/m1/s1. The molecule has 1 amide bonds. The van der Waals surface area contributed by atoms with Gasteiger partial charge in [0.15, 0.2) is 0 Å². The molecular weight excluding hydrogens is 271 g/mol. The predicted molar refractivity (Wildman–Crippen MR) is 67.5 cm³/mol. The lowest BCUT2D eigenvalue weighted by Crippen LogP contribution is -2.66. The van der Waals surface area contributed by atoms with E-state index in [2.05, 4.69) is 10.6 Å². The number of carbonyl (C=O) groups excluding carboxylic acids is 1. The van der Waals surface area contributed by atoms with Gasteiger partial charge in [-0.2, -0.15) is 13.2 Å². The summed E-state index contributed by atoms with van der Waals surface area (Å²) in [5, 5.41) is 5.86. The molecule has 0 saturated carbocycles. The van der Waals surface area contributed by atoms with Gasteiger partial charge in [0, 0.05) is 19.1 Å². The van der Waals surface area contributed by atoms with Crippen molar-refractivity contribution in [2.45, 2.75) is 25.3 Å². The second-order valence-corrected chi connectivity index (χ2v) is 5.05. The van der Waals surface area contributed by atoms with Crippen LogP contribution in [0.3, 0.4) is 0 Å². The first kappa shape index (κ1) is 13.2. The smallest absolute Gasteiger partial charge is 0.348 e. The molecule has 108 valence electrons. The average molecular weight is 285 g/mol. The van der Waals surface area contributed by atoms with Gasteiger partial charge in [-0.25, -0.2) is 0 Å². The third-order valence-corrected chi connectivity index (χ3v) is 3.79. The number of fused-ring (bicyclic) bond motifs is 3. The van der Waals surface area contributed by atoms with E-state index in [1.807, 2.05) is 11.8 Å². The number of anilines is 1. The van der Waals surface area contributed by atoms with E-state index in [0.29, 0.717) is 18.8 Å². The van der Waals surface area contributed by atoms with E-state index < -0.39 is 17.6 Å². The molecule has 0 spiro atoms. The van der Waals surface area contributed by atoms with E-state index in [4.69, 9.17) is 0 Å². The number of piperazine rings is 1. The molecule has 1 saturated heterocycles.